The SMILES string of the molecule is COc1ccc(C2C(C(=O)c3cc4ccccc4o3)=C(O)C(=O)N2CCN2CCOCC2)c(OC)c1. The second-order valence-corrected chi connectivity index (χ2v) is 8.70. The molecular weight excluding hydrogens is 464 g/mol. The van der Waals surface area contributed by atoms with Gasteiger partial charge in [-0.25, -0.2) is 0 Å². The standard InChI is InChI=1S/C27H28N2O7/c1-33-18-7-8-19(21(16-18)34-2)24-23(25(30)22-15-17-5-3-4-6-20(17)36-22)26(31)27(32)29(24)10-9-28-11-13-35-14-12-28/h3-8,15-16,24,31H,9-14H2,1-2H3. The Morgan fingerprint density at radius 3 is 2.56 bits per heavy atom. The Morgan fingerprint density at radius 1 is 1.06 bits per heavy atom. The second kappa shape index (κ2) is 10.0. The van der Waals surface area contributed by atoms with Crippen LogP contribution < -0.4 is 9.47 Å². The summed E-state index contributed by atoms with van der Waals surface area (Å²) in [4.78, 5) is 30.8. The quantitative estimate of drug-likeness (QED) is 0.478. The Balaban J connectivity index is 1.55. The summed E-state index contributed by atoms with van der Waals surface area (Å²) in [6, 6.07) is 13.2. The van der Waals surface area contributed by atoms with Gasteiger partial charge in [-0.3, -0.25) is 14.5 Å². The zero-order valence-electron chi connectivity index (χ0n) is 20.2. The minimum absolute atomic E-state index is 0.0375. The minimum Gasteiger partial charge on any atom is -0.503 e. The lowest BCUT2D eigenvalue weighted by atomic mass is 9.94. The van der Waals surface area contributed by atoms with Gasteiger partial charge in [0.05, 0.1) is 39.0 Å². The largest absolute Gasteiger partial charge is 0.503 e. The summed E-state index contributed by atoms with van der Waals surface area (Å²) in [5.74, 6) is -0.672. The van der Waals surface area contributed by atoms with Gasteiger partial charge in [-0.05, 0) is 24.3 Å². The van der Waals surface area contributed by atoms with Crippen molar-refractivity contribution in [1.29, 1.82) is 0 Å². The van der Waals surface area contributed by atoms with Crippen molar-refractivity contribution < 1.29 is 33.3 Å². The fourth-order valence-electron chi connectivity index (χ4n) is 4.78. The fraction of sp³-hybridized carbons (Fsp3) is 0.333. The first-order valence-corrected chi connectivity index (χ1v) is 11.8. The molecule has 1 amide bonds. The Morgan fingerprint density at radius 2 is 1.83 bits per heavy atom. The van der Waals surface area contributed by atoms with Crippen LogP contribution in [0.5, 0.6) is 11.5 Å². The van der Waals surface area contributed by atoms with E-state index in [1.165, 1.54) is 12.0 Å². The van der Waals surface area contributed by atoms with Gasteiger partial charge in [0.2, 0.25) is 5.78 Å². The number of ether oxygens (including phenoxy) is 3. The number of amides is 1. The van der Waals surface area contributed by atoms with Crippen molar-refractivity contribution >= 4 is 22.7 Å². The smallest absolute Gasteiger partial charge is 0.290 e. The van der Waals surface area contributed by atoms with Crippen molar-refractivity contribution in [3.63, 3.8) is 0 Å². The Labute approximate surface area is 208 Å². The van der Waals surface area contributed by atoms with E-state index in [9.17, 15) is 14.7 Å². The highest BCUT2D eigenvalue weighted by molar-refractivity contribution is 6.16. The Hall–Kier alpha value is -3.82. The number of furan rings is 1. The van der Waals surface area contributed by atoms with Gasteiger partial charge in [0.15, 0.2) is 11.5 Å². The molecule has 1 fully saturated rings. The number of aliphatic hydroxyl groups excluding tert-OH is 1. The molecule has 2 aliphatic heterocycles. The number of morpholine rings is 1. The van der Waals surface area contributed by atoms with Gasteiger partial charge in [-0.2, -0.15) is 0 Å². The lowest BCUT2D eigenvalue weighted by Crippen LogP contribution is -2.43. The number of rotatable bonds is 8. The van der Waals surface area contributed by atoms with E-state index in [-0.39, 0.29) is 11.3 Å². The average molecular weight is 493 g/mol. The highest BCUT2D eigenvalue weighted by atomic mass is 16.5. The lowest BCUT2D eigenvalue weighted by Gasteiger charge is -2.32. The van der Waals surface area contributed by atoms with Gasteiger partial charge in [-0.1, -0.05) is 18.2 Å². The molecule has 1 saturated heterocycles. The molecule has 0 saturated carbocycles. The molecule has 1 N–H and O–H groups in total. The minimum atomic E-state index is -0.861. The normalized spacial score (nSPS) is 18.8. The van der Waals surface area contributed by atoms with E-state index in [0.717, 1.165) is 18.5 Å². The van der Waals surface area contributed by atoms with E-state index < -0.39 is 23.5 Å². The lowest BCUT2D eigenvalue weighted by molar-refractivity contribution is -0.129. The first-order valence-electron chi connectivity index (χ1n) is 11.8. The molecule has 2 aliphatic rings. The van der Waals surface area contributed by atoms with Crippen LogP contribution in [0.1, 0.15) is 22.2 Å². The molecule has 0 bridgehead atoms. The maximum atomic E-state index is 13.7. The number of aliphatic hydroxyl groups is 1. The fourth-order valence-corrected chi connectivity index (χ4v) is 4.78. The molecule has 36 heavy (non-hydrogen) atoms. The molecule has 1 unspecified atom stereocenters. The van der Waals surface area contributed by atoms with Crippen LogP contribution in [0.3, 0.4) is 0 Å². The molecule has 5 rings (SSSR count). The van der Waals surface area contributed by atoms with Gasteiger partial charge < -0.3 is 28.6 Å². The van der Waals surface area contributed by atoms with E-state index >= 15 is 0 Å². The number of hydrogen-bond donors (Lipinski definition) is 1. The van der Waals surface area contributed by atoms with Crippen LogP contribution in [0, 0.1) is 0 Å². The van der Waals surface area contributed by atoms with Crippen molar-refractivity contribution in [2.45, 2.75) is 6.04 Å². The third-order valence-electron chi connectivity index (χ3n) is 6.69. The van der Waals surface area contributed by atoms with Gasteiger partial charge >= 0.3 is 0 Å². The molecule has 0 spiro atoms. The molecule has 2 aromatic carbocycles. The first-order chi connectivity index (χ1) is 17.5. The van der Waals surface area contributed by atoms with Crippen LogP contribution >= 0.6 is 0 Å². The predicted molar refractivity (Wildman–Crippen MR) is 131 cm³/mol. The molecule has 1 aromatic heterocycles. The summed E-state index contributed by atoms with van der Waals surface area (Å²) < 4.78 is 22.2. The summed E-state index contributed by atoms with van der Waals surface area (Å²) in [5, 5.41) is 11.8. The molecule has 3 aromatic rings. The maximum Gasteiger partial charge on any atom is 0.290 e. The van der Waals surface area contributed by atoms with Gasteiger partial charge in [0.25, 0.3) is 5.91 Å². The maximum absolute atomic E-state index is 13.7. The van der Waals surface area contributed by atoms with Crippen LogP contribution in [-0.4, -0.2) is 80.2 Å². The third kappa shape index (κ3) is 4.31. The van der Waals surface area contributed by atoms with Gasteiger partial charge in [0.1, 0.15) is 17.1 Å². The van der Waals surface area contributed by atoms with Gasteiger partial charge in [0, 0.05) is 43.2 Å². The number of methoxy groups -OCH3 is 2. The summed E-state index contributed by atoms with van der Waals surface area (Å²) >= 11 is 0. The molecule has 3 heterocycles. The number of benzene rings is 2. The number of ketones is 1. The molecule has 0 radical (unpaired) electrons. The number of carbonyl (C=O) groups excluding carboxylic acids is 2. The Kier molecular flexibility index (Phi) is 6.67. The molecular formula is C27H28N2O7. The third-order valence-corrected chi connectivity index (χ3v) is 6.69. The van der Waals surface area contributed by atoms with Crippen molar-refractivity contribution in [1.82, 2.24) is 9.80 Å². The van der Waals surface area contributed by atoms with Crippen LogP contribution in [-0.2, 0) is 9.53 Å². The monoisotopic (exact) mass is 492 g/mol. The number of carbonyl (C=O) groups is 2. The average Bonchev–Trinajstić information content (AvgIpc) is 3.46. The summed E-state index contributed by atoms with van der Waals surface area (Å²) in [5.41, 5.74) is 1.08. The zero-order chi connectivity index (χ0) is 25.2. The van der Waals surface area contributed by atoms with E-state index in [2.05, 4.69) is 4.90 Å². The first kappa shape index (κ1) is 23.9. The summed E-state index contributed by atoms with van der Waals surface area (Å²) in [6.45, 7) is 3.64. The summed E-state index contributed by atoms with van der Waals surface area (Å²) in [7, 11) is 3.06. The number of Topliss-reactive ketones (excluding diaryl/α,β-unsaturated/α-hetero) is 1. The molecule has 188 valence electrons. The summed E-state index contributed by atoms with van der Waals surface area (Å²) in [6.07, 6.45) is 0. The van der Waals surface area contributed by atoms with Crippen LogP contribution in [0.4, 0.5) is 0 Å². The number of para-hydroxylation sites is 1. The van der Waals surface area contributed by atoms with Crippen LogP contribution in [0.15, 0.2) is 64.3 Å². The second-order valence-electron chi connectivity index (χ2n) is 8.70. The van der Waals surface area contributed by atoms with Crippen molar-refractivity contribution in [2.75, 3.05) is 53.6 Å². The van der Waals surface area contributed by atoms with Crippen molar-refractivity contribution in [3.8, 4) is 11.5 Å². The number of fused-ring (bicyclic) bond motifs is 1. The van der Waals surface area contributed by atoms with Crippen molar-refractivity contribution in [3.05, 3.63) is 71.2 Å². The molecule has 1 atom stereocenters. The zero-order valence-corrected chi connectivity index (χ0v) is 20.2. The molecule has 9 heteroatoms. The highest BCUT2D eigenvalue weighted by Crippen LogP contribution is 2.43. The van der Waals surface area contributed by atoms with Crippen LogP contribution in [0.2, 0.25) is 0 Å². The van der Waals surface area contributed by atoms with E-state index in [1.807, 2.05) is 18.2 Å². The number of hydrogen-bond acceptors (Lipinski definition) is 8. The Bertz CT molecular complexity index is 1290. The van der Waals surface area contributed by atoms with E-state index in [4.69, 9.17) is 18.6 Å². The number of nitrogens with zero attached hydrogens (tertiary/aromatic N) is 2. The van der Waals surface area contributed by atoms with E-state index in [1.54, 1.807) is 37.4 Å². The molecule has 0 aliphatic carbocycles. The van der Waals surface area contributed by atoms with Crippen LogP contribution in [0.25, 0.3) is 11.0 Å². The topological polar surface area (TPSA) is 102 Å². The van der Waals surface area contributed by atoms with Crippen molar-refractivity contribution in [2.24, 2.45) is 0 Å². The highest BCUT2D eigenvalue weighted by Gasteiger charge is 2.45. The van der Waals surface area contributed by atoms with Gasteiger partial charge in [-0.15, -0.1) is 0 Å². The molecule has 9 nitrogen and oxygen atoms in total. The van der Waals surface area contributed by atoms with E-state index in [0.29, 0.717) is 48.9 Å². The predicted octanol–water partition coefficient (Wildman–Crippen LogP) is 3.36.